The third-order valence-corrected chi connectivity index (χ3v) is 5.15. The molecule has 4 rings (SSSR count). The lowest BCUT2D eigenvalue weighted by Crippen LogP contribution is -2.25. The van der Waals surface area contributed by atoms with Gasteiger partial charge in [-0.1, -0.05) is 53.6 Å². The van der Waals surface area contributed by atoms with E-state index in [9.17, 15) is 9.59 Å². The monoisotopic (exact) mass is 402 g/mol. The normalized spacial score (nSPS) is 10.9. The van der Waals surface area contributed by atoms with E-state index >= 15 is 0 Å². The Morgan fingerprint density at radius 3 is 2.45 bits per heavy atom. The summed E-state index contributed by atoms with van der Waals surface area (Å²) in [4.78, 5) is 26.1. The first-order chi connectivity index (χ1) is 13.9. The number of anilines is 1. The van der Waals surface area contributed by atoms with Gasteiger partial charge in [-0.2, -0.15) is 0 Å². The van der Waals surface area contributed by atoms with E-state index in [2.05, 4.69) is 5.32 Å². The molecule has 5 heteroatoms. The van der Waals surface area contributed by atoms with Gasteiger partial charge in [0.2, 0.25) is 0 Å². The zero-order valence-electron chi connectivity index (χ0n) is 16.1. The fraction of sp³-hybridized carbons (Fsp3) is 0.0833. The number of rotatable bonds is 4. The molecule has 0 unspecified atom stereocenters. The lowest BCUT2D eigenvalue weighted by molar-refractivity contribution is -0.112. The highest BCUT2D eigenvalue weighted by atomic mass is 35.5. The molecule has 2 aromatic carbocycles. The van der Waals surface area contributed by atoms with Gasteiger partial charge >= 0.3 is 0 Å². The van der Waals surface area contributed by atoms with Crippen LogP contribution in [0.2, 0.25) is 5.02 Å². The number of ketones is 1. The molecule has 0 fully saturated rings. The van der Waals surface area contributed by atoms with Crippen LogP contribution in [0.1, 0.15) is 21.6 Å². The molecule has 4 nitrogen and oxygen atoms in total. The number of fused-ring (bicyclic) bond motifs is 1. The third kappa shape index (κ3) is 3.67. The van der Waals surface area contributed by atoms with Crippen LogP contribution in [0, 0.1) is 13.8 Å². The van der Waals surface area contributed by atoms with Gasteiger partial charge in [-0.15, -0.1) is 0 Å². The third-order valence-electron chi connectivity index (χ3n) is 4.91. The van der Waals surface area contributed by atoms with Gasteiger partial charge in [-0.25, -0.2) is 0 Å². The molecule has 1 amide bonds. The SMILES string of the molecule is Cc1ccc(-c2cc3ccccn3c2C(=O)C(=O)Nc2cc(Cl)ccc2C)cc1. The Kier molecular flexibility index (Phi) is 4.95. The molecule has 144 valence electrons. The van der Waals surface area contributed by atoms with E-state index in [4.69, 9.17) is 11.6 Å². The van der Waals surface area contributed by atoms with E-state index in [1.807, 2.05) is 62.4 Å². The van der Waals surface area contributed by atoms with Crippen LogP contribution in [-0.2, 0) is 4.79 Å². The largest absolute Gasteiger partial charge is 0.319 e. The number of nitrogens with one attached hydrogen (secondary N) is 1. The summed E-state index contributed by atoms with van der Waals surface area (Å²) in [5, 5.41) is 3.20. The Morgan fingerprint density at radius 1 is 0.931 bits per heavy atom. The number of nitrogens with zero attached hydrogens (tertiary/aromatic N) is 1. The number of carbonyl (C=O) groups is 2. The van der Waals surface area contributed by atoms with Crippen molar-refractivity contribution in [2.75, 3.05) is 5.32 Å². The standard InChI is InChI=1S/C24H19ClN2O2/c1-15-6-9-17(10-7-15)20-14-19-5-3-4-12-27(19)22(20)23(28)24(29)26-21-13-18(25)11-8-16(21)2/h3-14H,1-2H3,(H,26,29). The second kappa shape index (κ2) is 7.57. The number of benzene rings is 2. The molecule has 0 aliphatic rings. The minimum absolute atomic E-state index is 0.335. The van der Waals surface area contributed by atoms with Crippen LogP contribution in [0.3, 0.4) is 0 Å². The summed E-state index contributed by atoms with van der Waals surface area (Å²) in [6.45, 7) is 3.85. The summed E-state index contributed by atoms with van der Waals surface area (Å²) < 4.78 is 1.75. The van der Waals surface area contributed by atoms with E-state index in [-0.39, 0.29) is 0 Å². The summed E-state index contributed by atoms with van der Waals surface area (Å²) in [6.07, 6.45) is 1.79. The smallest absolute Gasteiger partial charge is 0.298 e. The number of carbonyl (C=O) groups excluding carboxylic acids is 2. The molecule has 0 saturated heterocycles. The molecule has 2 heterocycles. The molecule has 29 heavy (non-hydrogen) atoms. The predicted octanol–water partition coefficient (Wildman–Crippen LogP) is 5.70. The van der Waals surface area contributed by atoms with Crippen LogP contribution >= 0.6 is 11.6 Å². The number of aromatic nitrogens is 1. The Balaban J connectivity index is 1.78. The average Bonchev–Trinajstić information content (AvgIpc) is 3.10. The summed E-state index contributed by atoms with van der Waals surface area (Å²) in [6, 6.07) is 20.6. The molecule has 2 aromatic heterocycles. The van der Waals surface area contributed by atoms with Gasteiger partial charge < -0.3 is 9.72 Å². The van der Waals surface area contributed by atoms with Crippen LogP contribution in [-0.4, -0.2) is 16.1 Å². The Labute approximate surface area is 173 Å². The van der Waals surface area contributed by atoms with Crippen LogP contribution in [0.15, 0.2) is 72.9 Å². The highest BCUT2D eigenvalue weighted by molar-refractivity contribution is 6.47. The van der Waals surface area contributed by atoms with Gasteiger partial charge in [0, 0.05) is 28.0 Å². The number of hydrogen-bond acceptors (Lipinski definition) is 2. The van der Waals surface area contributed by atoms with Gasteiger partial charge in [-0.05, 0) is 55.3 Å². The van der Waals surface area contributed by atoms with Gasteiger partial charge in [0.25, 0.3) is 11.7 Å². The van der Waals surface area contributed by atoms with Crippen LogP contribution in [0.5, 0.6) is 0 Å². The molecule has 0 radical (unpaired) electrons. The van der Waals surface area contributed by atoms with Crippen LogP contribution in [0.4, 0.5) is 5.69 Å². The van der Waals surface area contributed by atoms with Crippen molar-refractivity contribution in [3.63, 3.8) is 0 Å². The minimum Gasteiger partial charge on any atom is -0.319 e. The molecule has 1 N–H and O–H groups in total. The zero-order valence-corrected chi connectivity index (χ0v) is 16.8. The first kappa shape index (κ1) is 19.0. The van der Waals surface area contributed by atoms with Crippen molar-refractivity contribution in [1.82, 2.24) is 4.40 Å². The molecule has 0 bridgehead atoms. The molecular formula is C24H19ClN2O2. The van der Waals surface area contributed by atoms with Gasteiger partial charge in [0.1, 0.15) is 5.69 Å². The molecule has 0 spiro atoms. The Morgan fingerprint density at radius 2 is 1.69 bits per heavy atom. The second-order valence-corrected chi connectivity index (χ2v) is 7.45. The fourth-order valence-electron chi connectivity index (χ4n) is 3.32. The van der Waals surface area contributed by atoms with Crippen LogP contribution < -0.4 is 5.32 Å². The number of aryl methyl sites for hydroxylation is 2. The van der Waals surface area contributed by atoms with Crippen molar-refractivity contribution in [2.24, 2.45) is 0 Å². The van der Waals surface area contributed by atoms with Crippen molar-refractivity contribution < 1.29 is 9.59 Å². The van der Waals surface area contributed by atoms with Crippen LogP contribution in [0.25, 0.3) is 16.6 Å². The van der Waals surface area contributed by atoms with E-state index in [0.717, 1.165) is 27.8 Å². The lowest BCUT2D eigenvalue weighted by atomic mass is 10.0. The highest BCUT2D eigenvalue weighted by Crippen LogP contribution is 2.29. The maximum absolute atomic E-state index is 13.2. The summed E-state index contributed by atoms with van der Waals surface area (Å²) in [5.74, 6) is -1.31. The molecule has 4 aromatic rings. The number of halogens is 1. The quantitative estimate of drug-likeness (QED) is 0.351. The zero-order chi connectivity index (χ0) is 20.5. The van der Waals surface area contributed by atoms with Crippen molar-refractivity contribution in [3.05, 3.63) is 94.8 Å². The van der Waals surface area contributed by atoms with Gasteiger partial charge in [-0.3, -0.25) is 9.59 Å². The number of hydrogen-bond donors (Lipinski definition) is 1. The number of amides is 1. The van der Waals surface area contributed by atoms with E-state index in [0.29, 0.717) is 16.4 Å². The Bertz CT molecular complexity index is 1240. The first-order valence-corrected chi connectivity index (χ1v) is 9.61. The summed E-state index contributed by atoms with van der Waals surface area (Å²) >= 11 is 6.04. The van der Waals surface area contributed by atoms with Crippen molar-refractivity contribution >= 4 is 34.5 Å². The Hall–Kier alpha value is -3.37. The summed E-state index contributed by atoms with van der Waals surface area (Å²) in [7, 11) is 0. The first-order valence-electron chi connectivity index (χ1n) is 9.23. The predicted molar refractivity (Wildman–Crippen MR) is 117 cm³/mol. The van der Waals surface area contributed by atoms with E-state index in [1.165, 1.54) is 0 Å². The molecule has 0 saturated carbocycles. The van der Waals surface area contributed by atoms with Crippen molar-refractivity contribution in [3.8, 4) is 11.1 Å². The van der Waals surface area contributed by atoms with Gasteiger partial charge in [0.05, 0.1) is 0 Å². The fourth-order valence-corrected chi connectivity index (χ4v) is 3.50. The molecule has 0 aliphatic heterocycles. The topological polar surface area (TPSA) is 50.6 Å². The maximum atomic E-state index is 13.2. The maximum Gasteiger partial charge on any atom is 0.298 e. The average molecular weight is 403 g/mol. The van der Waals surface area contributed by atoms with Crippen molar-refractivity contribution in [2.45, 2.75) is 13.8 Å². The molecule has 0 atom stereocenters. The lowest BCUT2D eigenvalue weighted by Gasteiger charge is -2.10. The summed E-state index contributed by atoms with van der Waals surface area (Å²) in [5.41, 5.74) is 5.26. The van der Waals surface area contributed by atoms with E-state index < -0.39 is 11.7 Å². The van der Waals surface area contributed by atoms with Crippen molar-refractivity contribution in [1.29, 1.82) is 0 Å². The molecule has 0 aliphatic carbocycles. The minimum atomic E-state index is -0.701. The molecular weight excluding hydrogens is 384 g/mol. The second-order valence-electron chi connectivity index (χ2n) is 7.01. The highest BCUT2D eigenvalue weighted by Gasteiger charge is 2.25. The number of Topliss-reactive ketones (excluding diaryl/α,β-unsaturated/α-hetero) is 1. The van der Waals surface area contributed by atoms with Gasteiger partial charge in [0.15, 0.2) is 0 Å². The van der Waals surface area contributed by atoms with E-state index in [1.54, 1.807) is 28.8 Å². The number of pyridine rings is 1.